The number of ether oxygens (including phenoxy) is 3. The van der Waals surface area contributed by atoms with Gasteiger partial charge in [-0.25, -0.2) is 4.79 Å². The van der Waals surface area contributed by atoms with Crippen LogP contribution in [0.5, 0.6) is 0 Å². The van der Waals surface area contributed by atoms with E-state index >= 15 is 0 Å². The van der Waals surface area contributed by atoms with Gasteiger partial charge in [-0.2, -0.15) is 0 Å². The number of aliphatic hydroxyl groups is 4. The van der Waals surface area contributed by atoms with E-state index in [1.54, 1.807) is 0 Å². The van der Waals surface area contributed by atoms with Gasteiger partial charge in [-0.05, 0) is 6.42 Å². The van der Waals surface area contributed by atoms with Crippen molar-refractivity contribution in [2.75, 3.05) is 26.4 Å². The molecule has 0 aromatic rings. The van der Waals surface area contributed by atoms with E-state index in [2.05, 4.69) is 6.92 Å². The van der Waals surface area contributed by atoms with E-state index in [4.69, 9.17) is 24.4 Å². The highest BCUT2D eigenvalue weighted by molar-refractivity contribution is 5.89. The first-order valence-electron chi connectivity index (χ1n) is 7.83. The van der Waals surface area contributed by atoms with Crippen molar-refractivity contribution in [3.63, 3.8) is 0 Å². The number of aliphatic hydroxyl groups excluding tert-OH is 4. The Labute approximate surface area is 135 Å². The molecular weight excluding hydrogens is 308 g/mol. The Morgan fingerprint density at radius 1 is 1.13 bits per heavy atom. The first-order valence-corrected chi connectivity index (χ1v) is 7.83. The molecule has 134 valence electrons. The van der Waals surface area contributed by atoms with Crippen LogP contribution < -0.4 is 0 Å². The van der Waals surface area contributed by atoms with E-state index in [0.717, 1.165) is 25.7 Å². The second-order valence-corrected chi connectivity index (χ2v) is 5.33. The normalized spacial score (nSPS) is 20.4. The lowest BCUT2D eigenvalue weighted by molar-refractivity contribution is -0.149. The summed E-state index contributed by atoms with van der Waals surface area (Å²) >= 11 is 0. The molecule has 8 heteroatoms. The van der Waals surface area contributed by atoms with Gasteiger partial charge in [-0.3, -0.25) is 0 Å². The fourth-order valence-electron chi connectivity index (χ4n) is 2.02. The predicted octanol–water partition coefficient (Wildman–Crippen LogP) is -0.557. The van der Waals surface area contributed by atoms with Crippen molar-refractivity contribution < 1.29 is 39.4 Å². The molecule has 1 rings (SSSR count). The van der Waals surface area contributed by atoms with E-state index in [0.29, 0.717) is 6.61 Å². The van der Waals surface area contributed by atoms with Gasteiger partial charge in [0.2, 0.25) is 5.76 Å². The fourth-order valence-corrected chi connectivity index (χ4v) is 2.02. The smallest absolute Gasteiger partial charge is 0.378 e. The summed E-state index contributed by atoms with van der Waals surface area (Å²) in [5.41, 5.74) is 0. The van der Waals surface area contributed by atoms with Crippen LogP contribution in [0, 0.1) is 0 Å². The molecule has 0 bridgehead atoms. The minimum atomic E-state index is -1.33. The third kappa shape index (κ3) is 5.98. The third-order valence-electron chi connectivity index (χ3n) is 3.32. The first-order chi connectivity index (χ1) is 11.0. The van der Waals surface area contributed by atoms with Crippen molar-refractivity contribution in [2.24, 2.45) is 0 Å². The van der Waals surface area contributed by atoms with Gasteiger partial charge in [-0.1, -0.05) is 26.2 Å². The molecule has 0 amide bonds. The molecule has 23 heavy (non-hydrogen) atoms. The minimum Gasteiger partial charge on any atom is -0.490 e. The summed E-state index contributed by atoms with van der Waals surface area (Å²) < 4.78 is 15.7. The van der Waals surface area contributed by atoms with Crippen LogP contribution in [-0.4, -0.2) is 71.1 Å². The first kappa shape index (κ1) is 19.7. The van der Waals surface area contributed by atoms with E-state index < -0.39 is 37.5 Å². The molecule has 0 saturated carbocycles. The SMILES string of the molecule is CCCCCCOC1=C(OCC(O)CO)C(=O)O[C@@H]1C(O)CO. The van der Waals surface area contributed by atoms with Crippen LogP contribution in [0.1, 0.15) is 32.6 Å². The zero-order valence-electron chi connectivity index (χ0n) is 13.3. The Kier molecular flexibility index (Phi) is 8.93. The zero-order valence-corrected chi connectivity index (χ0v) is 13.3. The molecule has 0 spiro atoms. The number of esters is 1. The van der Waals surface area contributed by atoms with E-state index in [9.17, 15) is 15.0 Å². The molecule has 1 aliphatic rings. The van der Waals surface area contributed by atoms with Crippen LogP contribution in [0.25, 0.3) is 0 Å². The average molecular weight is 334 g/mol. The minimum absolute atomic E-state index is 0.0122. The molecular formula is C15H26O8. The van der Waals surface area contributed by atoms with Crippen LogP contribution in [0.2, 0.25) is 0 Å². The van der Waals surface area contributed by atoms with E-state index in [-0.39, 0.29) is 18.1 Å². The fraction of sp³-hybridized carbons (Fsp3) is 0.800. The Balaban J connectivity index is 2.74. The summed E-state index contributed by atoms with van der Waals surface area (Å²) in [6, 6.07) is 0. The molecule has 0 radical (unpaired) electrons. The molecule has 2 unspecified atom stereocenters. The molecule has 1 aliphatic heterocycles. The molecule has 0 aliphatic carbocycles. The van der Waals surface area contributed by atoms with Crippen molar-refractivity contribution >= 4 is 5.97 Å². The predicted molar refractivity (Wildman–Crippen MR) is 79.1 cm³/mol. The standard InChI is InChI=1S/C15H26O8/c1-2-3-4-5-6-21-13-12(11(19)8-17)23-15(20)14(13)22-9-10(18)7-16/h10-12,16-19H,2-9H2,1H3/t10?,11?,12-/m1/s1. The van der Waals surface area contributed by atoms with Gasteiger partial charge in [-0.15, -0.1) is 0 Å². The molecule has 4 N–H and O–H groups in total. The maximum atomic E-state index is 11.8. The topological polar surface area (TPSA) is 126 Å². The van der Waals surface area contributed by atoms with Crippen LogP contribution in [0.15, 0.2) is 11.5 Å². The summed E-state index contributed by atoms with van der Waals surface area (Å²) in [6.45, 7) is 0.964. The lowest BCUT2D eigenvalue weighted by atomic mass is 10.2. The maximum absolute atomic E-state index is 11.8. The Bertz CT molecular complexity index is 395. The van der Waals surface area contributed by atoms with Gasteiger partial charge in [0.15, 0.2) is 11.9 Å². The highest BCUT2D eigenvalue weighted by atomic mass is 16.6. The number of unbranched alkanes of at least 4 members (excludes halogenated alkanes) is 3. The number of hydrogen-bond donors (Lipinski definition) is 4. The van der Waals surface area contributed by atoms with Gasteiger partial charge >= 0.3 is 5.97 Å². The molecule has 0 fully saturated rings. The van der Waals surface area contributed by atoms with Crippen molar-refractivity contribution in [1.82, 2.24) is 0 Å². The van der Waals surface area contributed by atoms with Gasteiger partial charge in [0.25, 0.3) is 0 Å². The average Bonchev–Trinajstić information content (AvgIpc) is 2.87. The van der Waals surface area contributed by atoms with Gasteiger partial charge in [0.1, 0.15) is 18.8 Å². The number of carbonyl (C=O) groups is 1. The van der Waals surface area contributed by atoms with E-state index in [1.165, 1.54) is 0 Å². The third-order valence-corrected chi connectivity index (χ3v) is 3.32. The quantitative estimate of drug-likeness (QED) is 0.276. The number of rotatable bonds is 12. The Morgan fingerprint density at radius 3 is 2.48 bits per heavy atom. The van der Waals surface area contributed by atoms with Gasteiger partial charge in [0.05, 0.1) is 19.8 Å². The van der Waals surface area contributed by atoms with Crippen molar-refractivity contribution in [3.8, 4) is 0 Å². The monoisotopic (exact) mass is 334 g/mol. The van der Waals surface area contributed by atoms with Crippen molar-refractivity contribution in [2.45, 2.75) is 50.9 Å². The van der Waals surface area contributed by atoms with E-state index in [1.807, 2.05) is 0 Å². The molecule has 0 aromatic heterocycles. The second kappa shape index (κ2) is 10.4. The number of carbonyl (C=O) groups excluding carboxylic acids is 1. The molecule has 3 atom stereocenters. The summed E-state index contributed by atoms with van der Waals surface area (Å²) in [5, 5.41) is 36.9. The summed E-state index contributed by atoms with van der Waals surface area (Å²) in [5.74, 6) is -1.07. The second-order valence-electron chi connectivity index (χ2n) is 5.33. The Morgan fingerprint density at radius 2 is 1.87 bits per heavy atom. The van der Waals surface area contributed by atoms with Crippen LogP contribution in [0.3, 0.4) is 0 Å². The lowest BCUT2D eigenvalue weighted by Gasteiger charge is -2.18. The summed E-state index contributed by atoms with van der Waals surface area (Å²) in [4.78, 5) is 11.8. The highest BCUT2D eigenvalue weighted by Crippen LogP contribution is 2.27. The molecule has 0 saturated heterocycles. The summed E-state index contributed by atoms with van der Waals surface area (Å²) in [7, 11) is 0. The zero-order chi connectivity index (χ0) is 17.2. The highest BCUT2D eigenvalue weighted by Gasteiger charge is 2.42. The van der Waals surface area contributed by atoms with Crippen LogP contribution in [-0.2, 0) is 19.0 Å². The van der Waals surface area contributed by atoms with Crippen LogP contribution in [0.4, 0.5) is 0 Å². The van der Waals surface area contributed by atoms with Crippen molar-refractivity contribution in [3.05, 3.63) is 11.5 Å². The summed E-state index contributed by atoms with van der Waals surface area (Å²) in [6.07, 6.45) is 0.248. The Hall–Kier alpha value is -1.35. The molecule has 1 heterocycles. The molecule has 8 nitrogen and oxygen atoms in total. The molecule has 0 aromatic carbocycles. The number of cyclic esters (lactones) is 1. The number of hydrogen-bond acceptors (Lipinski definition) is 8. The lowest BCUT2D eigenvalue weighted by Crippen LogP contribution is -2.32. The van der Waals surface area contributed by atoms with Crippen LogP contribution >= 0.6 is 0 Å². The van der Waals surface area contributed by atoms with Crippen molar-refractivity contribution in [1.29, 1.82) is 0 Å². The van der Waals surface area contributed by atoms with Gasteiger partial charge < -0.3 is 34.6 Å². The largest absolute Gasteiger partial charge is 0.490 e. The maximum Gasteiger partial charge on any atom is 0.378 e. The van der Waals surface area contributed by atoms with Gasteiger partial charge in [0, 0.05) is 0 Å².